The van der Waals surface area contributed by atoms with Gasteiger partial charge < -0.3 is 5.11 Å². The second-order valence-corrected chi connectivity index (χ2v) is 6.76. The van der Waals surface area contributed by atoms with Gasteiger partial charge in [0.15, 0.2) is 0 Å². The van der Waals surface area contributed by atoms with Crippen molar-refractivity contribution in [3.05, 3.63) is 101 Å². The molecule has 0 fully saturated rings. The van der Waals surface area contributed by atoms with Gasteiger partial charge in [0, 0.05) is 48.3 Å². The van der Waals surface area contributed by atoms with Crippen LogP contribution < -0.4 is 0 Å². The lowest BCUT2D eigenvalue weighted by molar-refractivity contribution is 0.0322. The third-order valence-corrected chi connectivity index (χ3v) is 4.84. The highest BCUT2D eigenvalue weighted by Crippen LogP contribution is 2.42. The molecule has 0 amide bonds. The lowest BCUT2D eigenvalue weighted by Gasteiger charge is -2.36. The van der Waals surface area contributed by atoms with Gasteiger partial charge in [-0.2, -0.15) is 0 Å². The van der Waals surface area contributed by atoms with E-state index in [1.807, 2.05) is 24.3 Å². The van der Waals surface area contributed by atoms with Crippen LogP contribution >= 0.6 is 15.9 Å². The minimum atomic E-state index is -1.49. The van der Waals surface area contributed by atoms with Gasteiger partial charge in [-0.15, -0.1) is 5.10 Å². The molecule has 0 bridgehead atoms. The van der Waals surface area contributed by atoms with E-state index < -0.39 is 11.6 Å². The molecule has 0 saturated carbocycles. The minimum Gasteiger partial charge on any atom is -0.378 e. The Morgan fingerprint density at radius 2 is 1.63 bits per heavy atom. The second-order valence-electron chi connectivity index (χ2n) is 5.95. The van der Waals surface area contributed by atoms with Crippen LogP contribution in [-0.4, -0.2) is 35.1 Å². The molecule has 7 nitrogen and oxygen atoms in total. The standard InChI is InChI=1S/C19H15BrN6O/c20-17-6-5-14(11-23-17)18(26-10-9-24-25-26)19(27,15-3-1-7-21-12-15)16-4-2-8-22-13-16/h1-13,18,27H. The fraction of sp³-hybridized carbons (Fsp3) is 0.105. The molecule has 1 N–H and O–H groups in total. The van der Waals surface area contributed by atoms with Crippen molar-refractivity contribution in [2.45, 2.75) is 11.6 Å². The summed E-state index contributed by atoms with van der Waals surface area (Å²) in [6.07, 6.45) is 11.6. The van der Waals surface area contributed by atoms with Gasteiger partial charge in [0.25, 0.3) is 0 Å². The lowest BCUT2D eigenvalue weighted by Crippen LogP contribution is -2.39. The monoisotopic (exact) mass is 422 g/mol. The van der Waals surface area contributed by atoms with Crippen molar-refractivity contribution < 1.29 is 5.11 Å². The lowest BCUT2D eigenvalue weighted by atomic mass is 9.79. The molecule has 134 valence electrons. The van der Waals surface area contributed by atoms with Crippen LogP contribution in [0.3, 0.4) is 0 Å². The van der Waals surface area contributed by atoms with Gasteiger partial charge in [-0.05, 0) is 39.7 Å². The predicted octanol–water partition coefficient (Wildman–Crippen LogP) is 2.75. The summed E-state index contributed by atoms with van der Waals surface area (Å²) in [5.41, 5.74) is 0.493. The van der Waals surface area contributed by atoms with Gasteiger partial charge in [0.05, 0.1) is 6.20 Å². The summed E-state index contributed by atoms with van der Waals surface area (Å²) >= 11 is 3.36. The highest BCUT2D eigenvalue weighted by Gasteiger charge is 2.43. The molecule has 4 aromatic rings. The summed E-state index contributed by atoms with van der Waals surface area (Å²) in [7, 11) is 0. The van der Waals surface area contributed by atoms with E-state index in [1.54, 1.807) is 60.2 Å². The van der Waals surface area contributed by atoms with Crippen LogP contribution in [-0.2, 0) is 5.60 Å². The maximum Gasteiger partial charge on any atom is 0.144 e. The SMILES string of the molecule is OC(c1cccnc1)(c1cccnc1)C(c1ccc(Br)nc1)n1ccnn1. The molecule has 8 heteroatoms. The molecule has 1 atom stereocenters. The number of hydrogen-bond donors (Lipinski definition) is 1. The number of nitrogens with zero attached hydrogens (tertiary/aromatic N) is 6. The Hall–Kier alpha value is -2.97. The number of hydrogen-bond acceptors (Lipinski definition) is 6. The van der Waals surface area contributed by atoms with Crippen molar-refractivity contribution in [3.8, 4) is 0 Å². The summed E-state index contributed by atoms with van der Waals surface area (Å²) in [6, 6.07) is 10.3. The number of aliphatic hydroxyl groups is 1. The topological polar surface area (TPSA) is 89.6 Å². The fourth-order valence-electron chi connectivity index (χ4n) is 3.15. The average molecular weight is 423 g/mol. The molecule has 4 heterocycles. The molecule has 0 aliphatic heterocycles. The normalized spacial score (nSPS) is 12.7. The minimum absolute atomic E-state index is 0.612. The smallest absolute Gasteiger partial charge is 0.144 e. The molecule has 4 aromatic heterocycles. The van der Waals surface area contributed by atoms with E-state index in [-0.39, 0.29) is 0 Å². The van der Waals surface area contributed by atoms with Gasteiger partial charge in [-0.1, -0.05) is 23.4 Å². The molecule has 27 heavy (non-hydrogen) atoms. The van der Waals surface area contributed by atoms with Crippen LogP contribution in [0.2, 0.25) is 0 Å². The second kappa shape index (κ2) is 7.34. The molecule has 4 rings (SSSR count). The molecule has 0 radical (unpaired) electrons. The zero-order valence-corrected chi connectivity index (χ0v) is 15.7. The molecule has 0 saturated heterocycles. The number of rotatable bonds is 5. The van der Waals surface area contributed by atoms with Gasteiger partial charge in [0.1, 0.15) is 16.2 Å². The Labute approximate surface area is 163 Å². The number of aromatic nitrogens is 6. The highest BCUT2D eigenvalue weighted by molar-refractivity contribution is 9.10. The van der Waals surface area contributed by atoms with Crippen LogP contribution in [0.25, 0.3) is 0 Å². The Morgan fingerprint density at radius 1 is 0.926 bits per heavy atom. The predicted molar refractivity (Wildman–Crippen MR) is 102 cm³/mol. The molecular weight excluding hydrogens is 408 g/mol. The Morgan fingerprint density at radius 3 is 2.11 bits per heavy atom. The number of pyridine rings is 3. The van der Waals surface area contributed by atoms with Crippen LogP contribution in [0, 0.1) is 0 Å². The first kappa shape index (κ1) is 17.4. The van der Waals surface area contributed by atoms with Gasteiger partial charge >= 0.3 is 0 Å². The maximum absolute atomic E-state index is 12.1. The van der Waals surface area contributed by atoms with E-state index in [0.29, 0.717) is 15.7 Å². The third-order valence-electron chi connectivity index (χ3n) is 4.37. The Kier molecular flexibility index (Phi) is 4.74. The zero-order chi connectivity index (χ0) is 18.7. The summed E-state index contributed by atoms with van der Waals surface area (Å²) in [4.78, 5) is 12.7. The molecule has 0 aliphatic rings. The first-order valence-corrected chi connectivity index (χ1v) is 8.99. The average Bonchev–Trinajstić information content (AvgIpc) is 3.25. The quantitative estimate of drug-likeness (QED) is 0.497. The van der Waals surface area contributed by atoms with E-state index in [4.69, 9.17) is 0 Å². The van der Waals surface area contributed by atoms with Gasteiger partial charge in [0.2, 0.25) is 0 Å². The van der Waals surface area contributed by atoms with Crippen LogP contribution in [0.15, 0.2) is 84.4 Å². The van der Waals surface area contributed by atoms with Crippen molar-refractivity contribution in [1.82, 2.24) is 29.9 Å². The summed E-state index contributed by atoms with van der Waals surface area (Å²) in [6.45, 7) is 0. The van der Waals surface area contributed by atoms with Crippen LogP contribution in [0.1, 0.15) is 22.7 Å². The van der Waals surface area contributed by atoms with Crippen LogP contribution in [0.4, 0.5) is 0 Å². The van der Waals surface area contributed by atoms with Crippen molar-refractivity contribution >= 4 is 15.9 Å². The van der Waals surface area contributed by atoms with E-state index in [9.17, 15) is 5.11 Å². The fourth-order valence-corrected chi connectivity index (χ4v) is 3.38. The molecular formula is C19H15BrN6O. The molecule has 0 aliphatic carbocycles. The van der Waals surface area contributed by atoms with E-state index >= 15 is 0 Å². The first-order chi connectivity index (χ1) is 13.2. The molecule has 1 unspecified atom stereocenters. The summed E-state index contributed by atoms with van der Waals surface area (Å²) in [5.74, 6) is 0. The van der Waals surface area contributed by atoms with Crippen LogP contribution in [0.5, 0.6) is 0 Å². The van der Waals surface area contributed by atoms with E-state index in [2.05, 4.69) is 41.2 Å². The Bertz CT molecular complexity index is 954. The van der Waals surface area contributed by atoms with Gasteiger partial charge in [-0.3, -0.25) is 9.97 Å². The maximum atomic E-state index is 12.1. The van der Waals surface area contributed by atoms with E-state index in [0.717, 1.165) is 5.56 Å². The largest absolute Gasteiger partial charge is 0.378 e. The van der Waals surface area contributed by atoms with Gasteiger partial charge in [-0.25, -0.2) is 9.67 Å². The van der Waals surface area contributed by atoms with Crippen molar-refractivity contribution in [2.75, 3.05) is 0 Å². The highest BCUT2D eigenvalue weighted by atomic mass is 79.9. The third kappa shape index (κ3) is 3.24. The van der Waals surface area contributed by atoms with E-state index in [1.165, 1.54) is 0 Å². The molecule has 0 spiro atoms. The van der Waals surface area contributed by atoms with Crippen molar-refractivity contribution in [1.29, 1.82) is 0 Å². The first-order valence-electron chi connectivity index (χ1n) is 8.20. The van der Waals surface area contributed by atoms with Crippen molar-refractivity contribution in [2.24, 2.45) is 0 Å². The Balaban J connectivity index is 1.99. The van der Waals surface area contributed by atoms with Crippen molar-refractivity contribution in [3.63, 3.8) is 0 Å². The zero-order valence-electron chi connectivity index (χ0n) is 14.1. The summed E-state index contributed by atoms with van der Waals surface area (Å²) in [5, 5.41) is 20.2. The number of halogens is 1. The summed E-state index contributed by atoms with van der Waals surface area (Å²) < 4.78 is 2.32. The molecule has 0 aromatic carbocycles.